The quantitative estimate of drug-likeness (QED) is 0.931. The molecule has 92 valence electrons. The average Bonchev–Trinajstić information content (AvgIpc) is 2.79. The third kappa shape index (κ3) is 2.54. The zero-order chi connectivity index (χ0) is 12.6. The first-order valence-electron chi connectivity index (χ1n) is 5.49. The van der Waals surface area contributed by atoms with Crippen molar-refractivity contribution in [1.29, 1.82) is 0 Å². The van der Waals surface area contributed by atoms with E-state index in [0.717, 1.165) is 17.7 Å². The number of thiophene rings is 1. The van der Waals surface area contributed by atoms with E-state index in [1.165, 1.54) is 9.75 Å². The van der Waals surface area contributed by atoms with E-state index in [-0.39, 0.29) is 6.04 Å². The molecule has 2 heterocycles. The predicted octanol–water partition coefficient (Wildman–Crippen LogP) is 2.99. The third-order valence-electron chi connectivity index (χ3n) is 2.82. The van der Waals surface area contributed by atoms with Crippen molar-refractivity contribution in [3.05, 3.63) is 38.3 Å². The Bertz CT molecular complexity index is 530. The summed E-state index contributed by atoms with van der Waals surface area (Å²) in [5.41, 5.74) is 8.21. The molecule has 0 saturated heterocycles. The average molecular weight is 270 g/mol. The van der Waals surface area contributed by atoms with Crippen LogP contribution in [-0.4, -0.2) is 9.78 Å². The number of hydrogen-bond acceptors (Lipinski definition) is 3. The topological polar surface area (TPSA) is 43.8 Å². The molecular formula is C12H16ClN3S. The van der Waals surface area contributed by atoms with Gasteiger partial charge in [0.05, 0.1) is 5.69 Å². The molecule has 2 N–H and O–H groups in total. The zero-order valence-corrected chi connectivity index (χ0v) is 11.8. The highest BCUT2D eigenvalue weighted by Gasteiger charge is 2.16. The summed E-state index contributed by atoms with van der Waals surface area (Å²) in [7, 11) is 1.85. The van der Waals surface area contributed by atoms with Crippen LogP contribution in [0.2, 0.25) is 5.15 Å². The molecule has 0 bridgehead atoms. The highest BCUT2D eigenvalue weighted by atomic mass is 35.5. The molecule has 1 unspecified atom stereocenters. The molecule has 0 aliphatic carbocycles. The molecule has 2 aromatic rings. The maximum atomic E-state index is 6.20. The molecule has 5 heteroatoms. The summed E-state index contributed by atoms with van der Waals surface area (Å²) in [6.07, 6.45) is 0.735. The van der Waals surface area contributed by atoms with Crippen molar-refractivity contribution in [2.75, 3.05) is 0 Å². The summed E-state index contributed by atoms with van der Waals surface area (Å²) in [5.74, 6) is 0. The lowest BCUT2D eigenvalue weighted by molar-refractivity contribution is 0.732. The summed E-state index contributed by atoms with van der Waals surface area (Å²) in [5, 5.41) is 4.98. The second kappa shape index (κ2) is 4.80. The molecule has 0 amide bonds. The van der Waals surface area contributed by atoms with Crippen LogP contribution in [0.3, 0.4) is 0 Å². The second-order valence-corrected chi connectivity index (χ2v) is 5.91. The molecule has 0 spiro atoms. The van der Waals surface area contributed by atoms with E-state index in [1.54, 1.807) is 16.0 Å². The Hall–Kier alpha value is -0.840. The molecule has 1 atom stereocenters. The molecule has 0 radical (unpaired) electrons. The van der Waals surface area contributed by atoms with Crippen molar-refractivity contribution in [3.8, 4) is 0 Å². The summed E-state index contributed by atoms with van der Waals surface area (Å²) >= 11 is 7.94. The Morgan fingerprint density at radius 1 is 1.47 bits per heavy atom. The molecule has 0 saturated carbocycles. The smallest absolute Gasteiger partial charge is 0.130 e. The number of nitrogens with zero attached hydrogens (tertiary/aromatic N) is 2. The molecular weight excluding hydrogens is 254 g/mol. The standard InChI is InChI=1S/C12H16ClN3S/c1-7-4-5-11(17-7)10(14)6-9-8(2)15-16(3)12(9)13/h4-5,10H,6,14H2,1-3H3. The Morgan fingerprint density at radius 2 is 2.18 bits per heavy atom. The van der Waals surface area contributed by atoms with Gasteiger partial charge in [-0.05, 0) is 32.4 Å². The van der Waals surface area contributed by atoms with E-state index in [9.17, 15) is 0 Å². The minimum absolute atomic E-state index is 0.00546. The van der Waals surface area contributed by atoms with E-state index in [4.69, 9.17) is 17.3 Å². The van der Waals surface area contributed by atoms with Gasteiger partial charge in [-0.1, -0.05) is 11.6 Å². The van der Waals surface area contributed by atoms with Crippen LogP contribution in [0, 0.1) is 13.8 Å². The van der Waals surface area contributed by atoms with Gasteiger partial charge in [-0.3, -0.25) is 4.68 Å². The van der Waals surface area contributed by atoms with Crippen molar-refractivity contribution in [2.24, 2.45) is 12.8 Å². The van der Waals surface area contributed by atoms with Gasteiger partial charge in [0.15, 0.2) is 0 Å². The fourth-order valence-corrected chi connectivity index (χ4v) is 3.01. The summed E-state index contributed by atoms with van der Waals surface area (Å²) in [6.45, 7) is 4.05. The van der Waals surface area contributed by atoms with E-state index in [1.807, 2.05) is 14.0 Å². The molecule has 0 fully saturated rings. The number of aromatic nitrogens is 2. The normalized spacial score (nSPS) is 13.0. The number of aryl methyl sites for hydroxylation is 3. The highest BCUT2D eigenvalue weighted by molar-refractivity contribution is 7.12. The van der Waals surface area contributed by atoms with Crippen LogP contribution in [-0.2, 0) is 13.5 Å². The van der Waals surface area contributed by atoms with Gasteiger partial charge in [0.1, 0.15) is 5.15 Å². The van der Waals surface area contributed by atoms with Gasteiger partial charge in [-0.2, -0.15) is 5.10 Å². The maximum Gasteiger partial charge on any atom is 0.130 e. The van der Waals surface area contributed by atoms with Gasteiger partial charge in [0.25, 0.3) is 0 Å². The van der Waals surface area contributed by atoms with Crippen LogP contribution in [0.25, 0.3) is 0 Å². The van der Waals surface area contributed by atoms with Gasteiger partial charge >= 0.3 is 0 Å². The first-order chi connectivity index (χ1) is 7.99. The van der Waals surface area contributed by atoms with Crippen LogP contribution in [0.4, 0.5) is 0 Å². The molecule has 3 nitrogen and oxygen atoms in total. The second-order valence-electron chi connectivity index (χ2n) is 4.24. The largest absolute Gasteiger partial charge is 0.323 e. The summed E-state index contributed by atoms with van der Waals surface area (Å²) in [4.78, 5) is 2.48. The Morgan fingerprint density at radius 3 is 2.65 bits per heavy atom. The third-order valence-corrected chi connectivity index (χ3v) is 4.43. The fraction of sp³-hybridized carbons (Fsp3) is 0.417. The van der Waals surface area contributed by atoms with Gasteiger partial charge in [-0.15, -0.1) is 11.3 Å². The van der Waals surface area contributed by atoms with Crippen molar-refractivity contribution in [3.63, 3.8) is 0 Å². The van der Waals surface area contributed by atoms with Crippen LogP contribution >= 0.6 is 22.9 Å². The lowest BCUT2D eigenvalue weighted by Gasteiger charge is -2.09. The van der Waals surface area contributed by atoms with Gasteiger partial charge in [0, 0.05) is 28.4 Å². The fourth-order valence-electron chi connectivity index (χ4n) is 1.88. The lowest BCUT2D eigenvalue weighted by Crippen LogP contribution is -2.12. The molecule has 2 aromatic heterocycles. The van der Waals surface area contributed by atoms with Gasteiger partial charge in [0.2, 0.25) is 0 Å². The number of hydrogen-bond donors (Lipinski definition) is 1. The summed E-state index contributed by atoms with van der Waals surface area (Å²) < 4.78 is 1.69. The minimum Gasteiger partial charge on any atom is -0.323 e. The number of halogens is 1. The molecule has 0 aromatic carbocycles. The van der Waals surface area contributed by atoms with E-state index in [2.05, 4.69) is 24.2 Å². The predicted molar refractivity (Wildman–Crippen MR) is 72.6 cm³/mol. The van der Waals surface area contributed by atoms with Crippen LogP contribution < -0.4 is 5.73 Å². The lowest BCUT2D eigenvalue weighted by atomic mass is 10.1. The van der Waals surface area contributed by atoms with E-state index in [0.29, 0.717) is 5.15 Å². The van der Waals surface area contributed by atoms with Crippen molar-refractivity contribution >= 4 is 22.9 Å². The van der Waals surface area contributed by atoms with E-state index >= 15 is 0 Å². The molecule has 0 aliphatic rings. The first kappa shape index (κ1) is 12.6. The number of rotatable bonds is 3. The maximum absolute atomic E-state index is 6.20. The first-order valence-corrected chi connectivity index (χ1v) is 6.68. The van der Waals surface area contributed by atoms with Crippen molar-refractivity contribution in [1.82, 2.24) is 9.78 Å². The van der Waals surface area contributed by atoms with Gasteiger partial charge in [-0.25, -0.2) is 0 Å². The Labute approximate surface area is 110 Å². The number of nitrogens with two attached hydrogens (primary N) is 1. The van der Waals surface area contributed by atoms with Crippen LogP contribution in [0.5, 0.6) is 0 Å². The Kier molecular flexibility index (Phi) is 3.56. The van der Waals surface area contributed by atoms with E-state index < -0.39 is 0 Å². The Balaban J connectivity index is 2.21. The molecule has 2 rings (SSSR count). The van der Waals surface area contributed by atoms with Crippen molar-refractivity contribution < 1.29 is 0 Å². The van der Waals surface area contributed by atoms with Crippen molar-refractivity contribution in [2.45, 2.75) is 26.3 Å². The SMILES string of the molecule is Cc1ccc(C(N)Cc2c(C)nn(C)c2Cl)s1. The molecule has 17 heavy (non-hydrogen) atoms. The zero-order valence-electron chi connectivity index (χ0n) is 10.2. The van der Waals surface area contributed by atoms with Crippen LogP contribution in [0.15, 0.2) is 12.1 Å². The minimum atomic E-state index is -0.00546. The van der Waals surface area contributed by atoms with Crippen LogP contribution in [0.1, 0.15) is 27.1 Å². The monoisotopic (exact) mass is 269 g/mol. The van der Waals surface area contributed by atoms with Gasteiger partial charge < -0.3 is 5.73 Å². The summed E-state index contributed by atoms with van der Waals surface area (Å²) in [6, 6.07) is 4.18. The molecule has 0 aliphatic heterocycles. The highest BCUT2D eigenvalue weighted by Crippen LogP contribution is 2.27.